The average Bonchev–Trinajstić information content (AvgIpc) is 2.54. The standard InChI is InChI=1S/C15H15NO8/c1-3-22-13(17)9-12(15(19)23-4-2)24-14(18)10-5-7-11(8-6-10)16(20)21/h5-9H,3-4H2,1-2H3/b12-9-. The lowest BCUT2D eigenvalue weighted by atomic mass is 10.2. The Morgan fingerprint density at radius 2 is 1.67 bits per heavy atom. The van der Waals surface area contributed by atoms with E-state index in [-0.39, 0.29) is 24.5 Å². The molecule has 0 unspecified atom stereocenters. The number of nitrogens with zero attached hydrogens (tertiary/aromatic N) is 1. The fraction of sp³-hybridized carbons (Fsp3) is 0.267. The molecule has 1 rings (SSSR count). The van der Waals surface area contributed by atoms with Crippen LogP contribution in [-0.2, 0) is 23.8 Å². The minimum absolute atomic E-state index is 0.00802. The first-order valence-electron chi connectivity index (χ1n) is 6.91. The van der Waals surface area contributed by atoms with Gasteiger partial charge in [0, 0.05) is 12.1 Å². The molecule has 9 heteroatoms. The van der Waals surface area contributed by atoms with Gasteiger partial charge in [0.05, 0.1) is 29.8 Å². The Morgan fingerprint density at radius 1 is 1.08 bits per heavy atom. The molecule has 0 saturated heterocycles. The molecule has 0 bridgehead atoms. The highest BCUT2D eigenvalue weighted by atomic mass is 16.6. The van der Waals surface area contributed by atoms with E-state index in [0.29, 0.717) is 6.08 Å². The van der Waals surface area contributed by atoms with Gasteiger partial charge in [0.25, 0.3) is 5.69 Å². The van der Waals surface area contributed by atoms with Crippen LogP contribution in [-0.4, -0.2) is 36.0 Å². The highest BCUT2D eigenvalue weighted by Crippen LogP contribution is 2.14. The van der Waals surface area contributed by atoms with Crippen molar-refractivity contribution >= 4 is 23.6 Å². The van der Waals surface area contributed by atoms with Gasteiger partial charge >= 0.3 is 17.9 Å². The number of nitro benzene ring substituents is 1. The second-order valence-corrected chi connectivity index (χ2v) is 4.17. The van der Waals surface area contributed by atoms with E-state index < -0.39 is 28.6 Å². The van der Waals surface area contributed by atoms with Crippen molar-refractivity contribution in [2.24, 2.45) is 0 Å². The van der Waals surface area contributed by atoms with Gasteiger partial charge in [0.15, 0.2) is 0 Å². The summed E-state index contributed by atoms with van der Waals surface area (Å²) in [6.07, 6.45) is 0.699. The number of nitro groups is 1. The first-order valence-corrected chi connectivity index (χ1v) is 6.91. The molecule has 0 saturated carbocycles. The van der Waals surface area contributed by atoms with Gasteiger partial charge < -0.3 is 14.2 Å². The second kappa shape index (κ2) is 9.03. The molecule has 24 heavy (non-hydrogen) atoms. The maximum absolute atomic E-state index is 12.0. The van der Waals surface area contributed by atoms with Crippen LogP contribution in [0.3, 0.4) is 0 Å². The fourth-order valence-corrected chi connectivity index (χ4v) is 1.50. The van der Waals surface area contributed by atoms with Gasteiger partial charge in [-0.15, -0.1) is 0 Å². The Hall–Kier alpha value is -3.23. The van der Waals surface area contributed by atoms with Crippen LogP contribution in [0.5, 0.6) is 0 Å². The van der Waals surface area contributed by atoms with Crippen molar-refractivity contribution in [2.75, 3.05) is 13.2 Å². The number of rotatable bonds is 7. The summed E-state index contributed by atoms with van der Waals surface area (Å²) < 4.78 is 14.2. The summed E-state index contributed by atoms with van der Waals surface area (Å²) in [5.74, 6) is -3.51. The number of hydrogen-bond acceptors (Lipinski definition) is 8. The third-order valence-electron chi connectivity index (χ3n) is 2.53. The van der Waals surface area contributed by atoms with Crippen molar-refractivity contribution in [3.8, 4) is 0 Å². The van der Waals surface area contributed by atoms with Crippen LogP contribution < -0.4 is 0 Å². The van der Waals surface area contributed by atoms with Gasteiger partial charge in [0.2, 0.25) is 5.76 Å². The van der Waals surface area contributed by atoms with E-state index in [2.05, 4.69) is 9.47 Å². The Balaban J connectivity index is 2.96. The topological polar surface area (TPSA) is 122 Å². The molecule has 0 spiro atoms. The lowest BCUT2D eigenvalue weighted by Crippen LogP contribution is -2.17. The SMILES string of the molecule is CCOC(=O)/C=C(\OC(=O)c1ccc([N+](=O)[O-])cc1)C(=O)OCC. The lowest BCUT2D eigenvalue weighted by Gasteiger charge is -2.08. The van der Waals surface area contributed by atoms with Crippen LogP contribution in [0.2, 0.25) is 0 Å². The number of carbonyl (C=O) groups excluding carboxylic acids is 3. The number of hydrogen-bond donors (Lipinski definition) is 0. The molecule has 0 N–H and O–H groups in total. The first kappa shape index (κ1) is 18.8. The maximum atomic E-state index is 12.0. The zero-order valence-corrected chi connectivity index (χ0v) is 13.0. The van der Waals surface area contributed by atoms with Crippen LogP contribution in [0.15, 0.2) is 36.1 Å². The summed E-state index contributed by atoms with van der Waals surface area (Å²) in [5.41, 5.74) is -0.251. The molecule has 1 aromatic rings. The van der Waals surface area contributed by atoms with Crippen molar-refractivity contribution in [1.82, 2.24) is 0 Å². The Kier molecular flexibility index (Phi) is 7.08. The summed E-state index contributed by atoms with van der Waals surface area (Å²) in [4.78, 5) is 45.1. The van der Waals surface area contributed by atoms with Crippen LogP contribution >= 0.6 is 0 Å². The summed E-state index contributed by atoms with van der Waals surface area (Å²) in [6, 6.07) is 4.53. The molecule has 0 aliphatic heterocycles. The molecular weight excluding hydrogens is 322 g/mol. The van der Waals surface area contributed by atoms with Crippen molar-refractivity contribution in [1.29, 1.82) is 0 Å². The predicted molar refractivity (Wildman–Crippen MR) is 79.9 cm³/mol. The molecule has 0 amide bonds. The Morgan fingerprint density at radius 3 is 2.17 bits per heavy atom. The normalized spacial score (nSPS) is 10.7. The maximum Gasteiger partial charge on any atom is 0.374 e. The lowest BCUT2D eigenvalue weighted by molar-refractivity contribution is -0.384. The van der Waals surface area contributed by atoms with Gasteiger partial charge in [-0.25, -0.2) is 14.4 Å². The number of carbonyl (C=O) groups is 3. The van der Waals surface area contributed by atoms with Crippen molar-refractivity contribution in [2.45, 2.75) is 13.8 Å². The van der Waals surface area contributed by atoms with Crippen LogP contribution in [0.25, 0.3) is 0 Å². The van der Waals surface area contributed by atoms with E-state index in [0.717, 1.165) is 24.3 Å². The Bertz CT molecular complexity index is 663. The van der Waals surface area contributed by atoms with Crippen molar-refractivity contribution in [3.63, 3.8) is 0 Å². The number of ether oxygens (including phenoxy) is 3. The second-order valence-electron chi connectivity index (χ2n) is 4.17. The van der Waals surface area contributed by atoms with E-state index >= 15 is 0 Å². The highest BCUT2D eigenvalue weighted by Gasteiger charge is 2.20. The third-order valence-corrected chi connectivity index (χ3v) is 2.53. The largest absolute Gasteiger partial charge is 0.463 e. The van der Waals surface area contributed by atoms with Gasteiger partial charge in [-0.3, -0.25) is 10.1 Å². The summed E-state index contributed by atoms with van der Waals surface area (Å²) >= 11 is 0. The predicted octanol–water partition coefficient (Wildman–Crippen LogP) is 1.76. The van der Waals surface area contributed by atoms with Crippen LogP contribution in [0.4, 0.5) is 5.69 Å². The molecule has 0 radical (unpaired) electrons. The van der Waals surface area contributed by atoms with Crippen LogP contribution in [0, 0.1) is 10.1 Å². The van der Waals surface area contributed by atoms with Gasteiger partial charge in [-0.05, 0) is 26.0 Å². The van der Waals surface area contributed by atoms with Crippen molar-refractivity contribution in [3.05, 3.63) is 51.8 Å². The zero-order valence-electron chi connectivity index (χ0n) is 13.0. The average molecular weight is 337 g/mol. The summed E-state index contributed by atoms with van der Waals surface area (Å²) in [6.45, 7) is 3.19. The minimum Gasteiger partial charge on any atom is -0.463 e. The fourth-order valence-electron chi connectivity index (χ4n) is 1.50. The van der Waals surface area contributed by atoms with E-state index in [1.54, 1.807) is 6.92 Å². The molecular formula is C15H15NO8. The Labute approximate surface area is 137 Å². The quantitative estimate of drug-likeness (QED) is 0.184. The third kappa shape index (κ3) is 5.52. The molecule has 0 aromatic heterocycles. The smallest absolute Gasteiger partial charge is 0.374 e. The number of esters is 3. The molecule has 0 aliphatic carbocycles. The number of benzene rings is 1. The van der Waals surface area contributed by atoms with E-state index in [9.17, 15) is 24.5 Å². The minimum atomic E-state index is -1.01. The van der Waals surface area contributed by atoms with Gasteiger partial charge in [0.1, 0.15) is 0 Å². The zero-order chi connectivity index (χ0) is 18.1. The molecule has 0 aliphatic rings. The summed E-state index contributed by atoms with van der Waals surface area (Å²) in [7, 11) is 0. The van der Waals surface area contributed by atoms with E-state index in [1.807, 2.05) is 0 Å². The van der Waals surface area contributed by atoms with E-state index in [1.165, 1.54) is 6.92 Å². The van der Waals surface area contributed by atoms with Gasteiger partial charge in [-0.2, -0.15) is 0 Å². The molecule has 0 fully saturated rings. The molecule has 0 heterocycles. The molecule has 128 valence electrons. The summed E-state index contributed by atoms with van der Waals surface area (Å²) in [5, 5.41) is 10.6. The van der Waals surface area contributed by atoms with Gasteiger partial charge in [-0.1, -0.05) is 0 Å². The molecule has 9 nitrogen and oxygen atoms in total. The highest BCUT2D eigenvalue weighted by molar-refractivity contribution is 5.99. The van der Waals surface area contributed by atoms with Crippen LogP contribution in [0.1, 0.15) is 24.2 Å². The monoisotopic (exact) mass is 337 g/mol. The van der Waals surface area contributed by atoms with Crippen molar-refractivity contribution < 1.29 is 33.5 Å². The number of non-ortho nitro benzene ring substituents is 1. The first-order chi connectivity index (χ1) is 11.4. The van der Waals surface area contributed by atoms with E-state index in [4.69, 9.17) is 4.74 Å². The molecule has 0 atom stereocenters. The molecule has 1 aromatic carbocycles.